The summed E-state index contributed by atoms with van der Waals surface area (Å²) in [7, 11) is 0. The van der Waals surface area contributed by atoms with Crippen LogP contribution < -0.4 is 10.1 Å². The lowest BCUT2D eigenvalue weighted by Gasteiger charge is -2.29. The van der Waals surface area contributed by atoms with Crippen LogP contribution in [0.2, 0.25) is 0 Å². The molecule has 5 nitrogen and oxygen atoms in total. The first-order valence-electron chi connectivity index (χ1n) is 9.20. The maximum atomic E-state index is 13.2. The molecule has 1 amide bonds. The van der Waals surface area contributed by atoms with E-state index in [1.807, 2.05) is 0 Å². The van der Waals surface area contributed by atoms with E-state index in [9.17, 15) is 13.6 Å². The number of ether oxygens (including phenoxy) is 3. The van der Waals surface area contributed by atoms with E-state index in [1.165, 1.54) is 12.1 Å². The molecule has 1 saturated heterocycles. The molecule has 0 spiro atoms. The monoisotopic (exact) mass is 369 g/mol. The van der Waals surface area contributed by atoms with E-state index in [1.54, 1.807) is 0 Å². The van der Waals surface area contributed by atoms with Gasteiger partial charge in [0.15, 0.2) is 0 Å². The molecule has 2 aliphatic rings. The van der Waals surface area contributed by atoms with Gasteiger partial charge in [-0.25, -0.2) is 8.78 Å². The third-order valence-corrected chi connectivity index (χ3v) is 4.74. The van der Waals surface area contributed by atoms with E-state index in [0.29, 0.717) is 6.61 Å². The van der Waals surface area contributed by atoms with E-state index >= 15 is 0 Å². The normalized spacial score (nSPS) is 25.8. The van der Waals surface area contributed by atoms with Gasteiger partial charge in [-0.15, -0.1) is 0 Å². The Morgan fingerprint density at radius 1 is 1.12 bits per heavy atom. The van der Waals surface area contributed by atoms with Crippen molar-refractivity contribution in [3.8, 4) is 5.75 Å². The zero-order chi connectivity index (χ0) is 18.4. The van der Waals surface area contributed by atoms with Crippen molar-refractivity contribution >= 4 is 5.91 Å². The lowest BCUT2D eigenvalue weighted by atomic mass is 9.93. The zero-order valence-corrected chi connectivity index (χ0v) is 14.7. The Morgan fingerprint density at radius 2 is 1.85 bits per heavy atom. The first kappa shape index (κ1) is 19.0. The Bertz CT molecular complexity index is 579. The largest absolute Gasteiger partial charge is 0.490 e. The van der Waals surface area contributed by atoms with Crippen LogP contribution in [0, 0.1) is 11.6 Å². The predicted molar refractivity (Wildman–Crippen MR) is 91.0 cm³/mol. The molecule has 1 aromatic carbocycles. The zero-order valence-electron chi connectivity index (χ0n) is 14.7. The minimum absolute atomic E-state index is 0.0405. The van der Waals surface area contributed by atoms with Crippen molar-refractivity contribution in [1.29, 1.82) is 0 Å². The van der Waals surface area contributed by atoms with Gasteiger partial charge in [-0.1, -0.05) is 0 Å². The summed E-state index contributed by atoms with van der Waals surface area (Å²) < 4.78 is 42.9. The second kappa shape index (κ2) is 9.28. The highest BCUT2D eigenvalue weighted by Crippen LogP contribution is 2.25. The van der Waals surface area contributed by atoms with Gasteiger partial charge < -0.3 is 19.5 Å². The molecule has 144 valence electrons. The maximum Gasteiger partial charge on any atom is 0.246 e. The topological polar surface area (TPSA) is 56.8 Å². The molecule has 1 unspecified atom stereocenters. The van der Waals surface area contributed by atoms with Gasteiger partial charge >= 0.3 is 0 Å². The summed E-state index contributed by atoms with van der Waals surface area (Å²) in [6.45, 7) is 1.27. The third-order valence-electron chi connectivity index (χ3n) is 4.74. The fourth-order valence-electron chi connectivity index (χ4n) is 3.44. The molecule has 1 atom stereocenters. The van der Waals surface area contributed by atoms with Crippen LogP contribution in [-0.2, 0) is 14.3 Å². The first-order chi connectivity index (χ1) is 12.6. The van der Waals surface area contributed by atoms with Crippen LogP contribution in [-0.4, -0.2) is 44.0 Å². The minimum atomic E-state index is -0.649. The second-order valence-corrected chi connectivity index (χ2v) is 6.91. The number of hydrogen-bond donors (Lipinski definition) is 1. The van der Waals surface area contributed by atoms with Gasteiger partial charge in [0.1, 0.15) is 24.0 Å². The first-order valence-corrected chi connectivity index (χ1v) is 9.20. The summed E-state index contributed by atoms with van der Waals surface area (Å²) in [5.74, 6) is -1.22. The van der Waals surface area contributed by atoms with Crippen LogP contribution in [0.4, 0.5) is 8.78 Å². The van der Waals surface area contributed by atoms with Crippen LogP contribution in [0.25, 0.3) is 0 Å². The maximum absolute atomic E-state index is 13.2. The van der Waals surface area contributed by atoms with Crippen LogP contribution >= 0.6 is 0 Å². The van der Waals surface area contributed by atoms with Gasteiger partial charge in [-0.05, 0) is 38.5 Å². The molecule has 1 saturated carbocycles. The van der Waals surface area contributed by atoms with Gasteiger partial charge in [0, 0.05) is 30.8 Å². The van der Waals surface area contributed by atoms with Crippen molar-refractivity contribution in [2.45, 2.75) is 56.8 Å². The van der Waals surface area contributed by atoms with Crippen LogP contribution in [0.5, 0.6) is 5.75 Å². The molecule has 1 aromatic rings. The Hall–Kier alpha value is -1.73. The Labute approximate surface area is 152 Å². The molecular weight excluding hydrogens is 344 g/mol. The average molecular weight is 369 g/mol. The van der Waals surface area contributed by atoms with Crippen molar-refractivity contribution in [2.24, 2.45) is 0 Å². The summed E-state index contributed by atoms with van der Waals surface area (Å²) in [5, 5.41) is 2.97. The van der Waals surface area contributed by atoms with Crippen LogP contribution in [0.1, 0.15) is 38.5 Å². The van der Waals surface area contributed by atoms with Crippen molar-refractivity contribution in [1.82, 2.24) is 5.32 Å². The third kappa shape index (κ3) is 5.92. The van der Waals surface area contributed by atoms with Gasteiger partial charge in [0.25, 0.3) is 0 Å². The molecule has 3 rings (SSSR count). The lowest BCUT2D eigenvalue weighted by molar-refractivity contribution is -0.127. The highest BCUT2D eigenvalue weighted by Gasteiger charge is 2.24. The van der Waals surface area contributed by atoms with Gasteiger partial charge in [0.05, 0.1) is 18.8 Å². The Balaban J connectivity index is 1.33. The van der Waals surface area contributed by atoms with E-state index < -0.39 is 11.6 Å². The van der Waals surface area contributed by atoms with Gasteiger partial charge in [-0.3, -0.25) is 4.79 Å². The molecule has 2 fully saturated rings. The van der Waals surface area contributed by atoms with Crippen molar-refractivity contribution in [3.63, 3.8) is 0 Å². The number of amides is 1. The number of carbonyl (C=O) groups is 1. The SMILES string of the molecule is O=C(COCC1CCCO1)NC1CCC(Oc2cc(F)cc(F)c2)CC1. The Morgan fingerprint density at radius 3 is 2.50 bits per heavy atom. The fraction of sp³-hybridized carbons (Fsp3) is 0.632. The molecule has 1 heterocycles. The Kier molecular flexibility index (Phi) is 6.80. The van der Waals surface area contributed by atoms with Crippen molar-refractivity contribution in [2.75, 3.05) is 19.8 Å². The van der Waals surface area contributed by atoms with E-state index in [0.717, 1.165) is 51.2 Å². The molecule has 1 aliphatic carbocycles. The number of hydrogen-bond acceptors (Lipinski definition) is 4. The lowest BCUT2D eigenvalue weighted by Crippen LogP contribution is -2.41. The highest BCUT2D eigenvalue weighted by molar-refractivity contribution is 5.77. The smallest absolute Gasteiger partial charge is 0.246 e. The molecule has 26 heavy (non-hydrogen) atoms. The molecule has 0 aromatic heterocycles. The molecule has 7 heteroatoms. The number of halogens is 2. The quantitative estimate of drug-likeness (QED) is 0.803. The summed E-state index contributed by atoms with van der Waals surface area (Å²) in [5.41, 5.74) is 0. The summed E-state index contributed by atoms with van der Waals surface area (Å²) in [6, 6.07) is 3.27. The summed E-state index contributed by atoms with van der Waals surface area (Å²) in [4.78, 5) is 11.9. The summed E-state index contributed by atoms with van der Waals surface area (Å²) in [6.07, 6.45) is 5.02. The second-order valence-electron chi connectivity index (χ2n) is 6.91. The number of carbonyl (C=O) groups excluding carboxylic acids is 1. The highest BCUT2D eigenvalue weighted by atomic mass is 19.1. The van der Waals surface area contributed by atoms with E-state index in [4.69, 9.17) is 14.2 Å². The number of rotatable bonds is 7. The molecule has 1 aliphatic heterocycles. The number of benzene rings is 1. The number of nitrogens with one attached hydrogen (secondary N) is 1. The molecule has 0 radical (unpaired) electrons. The molecular formula is C19H25F2NO4. The molecule has 1 N–H and O–H groups in total. The minimum Gasteiger partial charge on any atom is -0.490 e. The van der Waals surface area contributed by atoms with Crippen molar-refractivity contribution < 1.29 is 27.8 Å². The van der Waals surface area contributed by atoms with Gasteiger partial charge in [0.2, 0.25) is 5.91 Å². The predicted octanol–water partition coefficient (Wildman–Crippen LogP) is 2.97. The standard InChI is InChI=1S/C19H25F2NO4/c20-13-8-14(21)10-18(9-13)26-16-5-3-15(4-6-16)22-19(23)12-24-11-17-2-1-7-25-17/h8-10,15-17H,1-7,11-12H2,(H,22,23). The fourth-order valence-corrected chi connectivity index (χ4v) is 3.44. The van der Waals surface area contributed by atoms with Crippen LogP contribution in [0.3, 0.4) is 0 Å². The molecule has 0 bridgehead atoms. The van der Waals surface area contributed by atoms with E-state index in [2.05, 4.69) is 5.32 Å². The van der Waals surface area contributed by atoms with E-state index in [-0.39, 0.29) is 36.5 Å². The average Bonchev–Trinajstić information content (AvgIpc) is 3.09. The summed E-state index contributed by atoms with van der Waals surface area (Å²) >= 11 is 0. The van der Waals surface area contributed by atoms with Crippen LogP contribution in [0.15, 0.2) is 18.2 Å². The van der Waals surface area contributed by atoms with Crippen molar-refractivity contribution in [3.05, 3.63) is 29.8 Å². The van der Waals surface area contributed by atoms with Gasteiger partial charge in [-0.2, -0.15) is 0 Å².